The quantitative estimate of drug-likeness (QED) is 0.0902. The van der Waals surface area contributed by atoms with Crippen LogP contribution in [0.15, 0.2) is 77.8 Å². The van der Waals surface area contributed by atoms with E-state index in [-0.39, 0.29) is 55.3 Å². The summed E-state index contributed by atoms with van der Waals surface area (Å²) in [5.41, 5.74) is 6.69. The zero-order valence-electron chi connectivity index (χ0n) is 35.4. The number of hydrogen-bond donors (Lipinski definition) is 3. The van der Waals surface area contributed by atoms with E-state index in [1.54, 1.807) is 35.6 Å². The summed E-state index contributed by atoms with van der Waals surface area (Å²) in [5, 5.41) is 19.1. The minimum Gasteiger partial charge on any atom is -0.460 e. The van der Waals surface area contributed by atoms with Gasteiger partial charge in [0.25, 0.3) is 11.8 Å². The van der Waals surface area contributed by atoms with E-state index in [2.05, 4.69) is 53.0 Å². The Hall–Kier alpha value is -6.15. The molecular weight excluding hydrogens is 777 g/mol. The van der Waals surface area contributed by atoms with E-state index in [9.17, 15) is 19.2 Å². The van der Waals surface area contributed by atoms with Gasteiger partial charge in [0.15, 0.2) is 5.82 Å². The van der Waals surface area contributed by atoms with Gasteiger partial charge in [-0.05, 0) is 108 Å². The van der Waals surface area contributed by atoms with Gasteiger partial charge >= 0.3 is 5.97 Å². The number of aromatic nitrogens is 3. The summed E-state index contributed by atoms with van der Waals surface area (Å²) in [6.45, 7) is 15.9. The molecule has 3 N–H and O–H groups in total. The minimum atomic E-state index is -0.651. The molecule has 4 heterocycles. The molecule has 5 aromatic rings. The number of rotatable bonds is 11. The van der Waals surface area contributed by atoms with Crippen molar-refractivity contribution in [2.75, 3.05) is 23.3 Å². The largest absolute Gasteiger partial charge is 0.460 e. The number of para-hydroxylation sites is 1. The molecule has 0 bridgehead atoms. The number of aliphatic imine (C=N–C) groups is 1. The number of esters is 1. The Morgan fingerprint density at radius 1 is 0.867 bits per heavy atom. The van der Waals surface area contributed by atoms with Crippen molar-refractivity contribution in [1.82, 2.24) is 25.4 Å². The van der Waals surface area contributed by atoms with Crippen molar-refractivity contribution in [3.8, 4) is 5.00 Å². The van der Waals surface area contributed by atoms with Gasteiger partial charge in [-0.2, -0.15) is 0 Å². The summed E-state index contributed by atoms with van der Waals surface area (Å²) < 4.78 is 7.66. The van der Waals surface area contributed by atoms with Crippen molar-refractivity contribution in [3.05, 3.63) is 123 Å². The number of carbonyl (C=O) groups excluding carboxylic acids is 4. The van der Waals surface area contributed by atoms with Gasteiger partial charge in [0.2, 0.25) is 5.91 Å². The van der Waals surface area contributed by atoms with Crippen LogP contribution in [0.2, 0.25) is 0 Å². The summed E-state index contributed by atoms with van der Waals surface area (Å²) in [5.74, 6) is 0.476. The van der Waals surface area contributed by atoms with Crippen LogP contribution in [0.5, 0.6) is 0 Å². The lowest BCUT2D eigenvalue weighted by atomic mass is 9.91. The Morgan fingerprint density at radius 2 is 1.50 bits per heavy atom. The maximum atomic E-state index is 13.2. The number of thiophene rings is 1. The van der Waals surface area contributed by atoms with Crippen molar-refractivity contribution in [2.45, 2.75) is 98.4 Å². The van der Waals surface area contributed by atoms with Crippen LogP contribution in [0.4, 0.5) is 11.4 Å². The van der Waals surface area contributed by atoms with E-state index >= 15 is 0 Å². The van der Waals surface area contributed by atoms with Gasteiger partial charge < -0.3 is 25.6 Å². The van der Waals surface area contributed by atoms with Crippen molar-refractivity contribution in [1.29, 1.82) is 0 Å². The average Bonchev–Trinajstić information content (AvgIpc) is 3.70. The molecule has 0 aliphatic carbocycles. The number of benzene rings is 3. The lowest BCUT2D eigenvalue weighted by Gasteiger charge is -2.40. The van der Waals surface area contributed by atoms with Crippen LogP contribution in [0.1, 0.15) is 125 Å². The molecule has 312 valence electrons. The molecule has 2 aromatic heterocycles. The number of hydrogen-bond acceptors (Lipinski definition) is 10. The third-order valence-corrected chi connectivity index (χ3v) is 12.0. The van der Waals surface area contributed by atoms with Crippen LogP contribution in [0, 0.1) is 20.8 Å². The fourth-order valence-electron chi connectivity index (χ4n) is 7.82. The Morgan fingerprint density at radius 3 is 2.13 bits per heavy atom. The van der Waals surface area contributed by atoms with Crippen LogP contribution in [0.3, 0.4) is 0 Å². The number of ether oxygens (including phenoxy) is 1. The molecule has 0 saturated carbocycles. The third kappa shape index (κ3) is 8.74. The normalized spacial score (nSPS) is 17.0. The monoisotopic (exact) mass is 828 g/mol. The number of nitrogens with zero attached hydrogens (tertiary/aromatic N) is 5. The number of amides is 3. The maximum Gasteiger partial charge on any atom is 0.308 e. The predicted molar refractivity (Wildman–Crippen MR) is 235 cm³/mol. The Labute approximate surface area is 354 Å². The zero-order valence-corrected chi connectivity index (χ0v) is 36.2. The second-order valence-corrected chi connectivity index (χ2v) is 17.5. The second kappa shape index (κ2) is 17.2. The van der Waals surface area contributed by atoms with Crippen LogP contribution < -0.4 is 20.9 Å². The lowest BCUT2D eigenvalue weighted by Crippen LogP contribution is -2.44. The Bertz CT molecular complexity index is 2460. The third-order valence-electron chi connectivity index (χ3n) is 10.8. The molecule has 2 aliphatic rings. The van der Waals surface area contributed by atoms with Crippen LogP contribution in [-0.4, -0.2) is 68.9 Å². The van der Waals surface area contributed by atoms with E-state index in [0.717, 1.165) is 49.9 Å². The first-order valence-electron chi connectivity index (χ1n) is 20.4. The fraction of sp³-hybridized carbons (Fsp3) is 0.370. The van der Waals surface area contributed by atoms with E-state index < -0.39 is 11.6 Å². The zero-order chi connectivity index (χ0) is 42.9. The molecule has 60 heavy (non-hydrogen) atoms. The summed E-state index contributed by atoms with van der Waals surface area (Å²) >= 11 is 1.63. The van der Waals surface area contributed by atoms with Gasteiger partial charge in [0.05, 0.1) is 18.2 Å². The van der Waals surface area contributed by atoms with Crippen molar-refractivity contribution in [2.24, 2.45) is 4.99 Å². The second-order valence-electron chi connectivity index (χ2n) is 16.3. The highest BCUT2D eigenvalue weighted by molar-refractivity contribution is 7.15. The molecule has 3 amide bonds. The molecular formula is C46H52N8O5S. The van der Waals surface area contributed by atoms with E-state index in [1.165, 1.54) is 0 Å². The number of fused-ring (bicyclic) bond motifs is 4. The first kappa shape index (κ1) is 42.0. The fourth-order valence-corrected chi connectivity index (χ4v) is 9.03. The van der Waals surface area contributed by atoms with Crippen molar-refractivity contribution >= 4 is 52.1 Å². The van der Waals surface area contributed by atoms with Gasteiger partial charge in [-0.3, -0.25) is 28.7 Å². The number of nitrogens with one attached hydrogen (secondary N) is 3. The van der Waals surface area contributed by atoms with E-state index in [1.807, 2.05) is 86.6 Å². The molecule has 7 rings (SSSR count). The first-order chi connectivity index (χ1) is 28.6. The number of carbonyl (C=O) groups is 4. The predicted octanol–water partition coefficient (Wildman–Crippen LogP) is 7.73. The standard InChI is InChI=1S/C46H52N8O5S/c1-9-38(55)53-26(2)24-35(34-12-10-11-13-37(34)53)49-33-20-18-32(19-21-33)44(58)48-23-22-47-43(57)31-16-14-30(15-17-31)41-40-27(3)28(4)60-45(40)54-29(5)51-52-42(54)36(50-41)25-39(56)59-46(6,7)8/h10-21,26,35-36,49H,9,22-25H2,1-8H3,(H,47,57)(H,48,58)/t26-,35+,36-/m0/s1. The molecule has 2 aliphatic heterocycles. The molecule has 0 fully saturated rings. The smallest absolute Gasteiger partial charge is 0.308 e. The topological polar surface area (TPSA) is 160 Å². The van der Waals surface area contributed by atoms with Gasteiger partial charge in [-0.15, -0.1) is 21.5 Å². The molecule has 0 radical (unpaired) electrons. The summed E-state index contributed by atoms with van der Waals surface area (Å²) in [4.78, 5) is 60.2. The van der Waals surface area contributed by atoms with Gasteiger partial charge in [-0.25, -0.2) is 0 Å². The van der Waals surface area contributed by atoms with Crippen LogP contribution >= 0.6 is 11.3 Å². The van der Waals surface area contributed by atoms with Crippen molar-refractivity contribution in [3.63, 3.8) is 0 Å². The molecule has 3 atom stereocenters. The van der Waals surface area contributed by atoms with Crippen LogP contribution in [-0.2, 0) is 14.3 Å². The Balaban J connectivity index is 0.971. The average molecular weight is 829 g/mol. The van der Waals surface area contributed by atoms with Gasteiger partial charge in [0, 0.05) is 64.1 Å². The maximum absolute atomic E-state index is 13.2. The molecule has 0 saturated heterocycles. The number of anilines is 2. The molecule has 14 heteroatoms. The first-order valence-corrected chi connectivity index (χ1v) is 21.2. The minimum absolute atomic E-state index is 0.0101. The lowest BCUT2D eigenvalue weighted by molar-refractivity contribution is -0.155. The molecule has 3 aromatic carbocycles. The Kier molecular flexibility index (Phi) is 12.0. The summed E-state index contributed by atoms with van der Waals surface area (Å²) in [6.07, 6.45) is 1.20. The van der Waals surface area contributed by atoms with Gasteiger partial charge in [-0.1, -0.05) is 37.3 Å². The number of aryl methyl sites for hydroxylation is 2. The summed E-state index contributed by atoms with van der Waals surface area (Å²) in [6, 6.07) is 22.0. The van der Waals surface area contributed by atoms with Crippen molar-refractivity contribution < 1.29 is 23.9 Å². The highest BCUT2D eigenvalue weighted by Crippen LogP contribution is 2.41. The SMILES string of the molecule is CCC(=O)N1c2ccccc2[C@H](Nc2ccc(C(=O)NCCNC(=O)c3ccc(C4=N[C@@H](CC(=O)OC(C)(C)C)c5nnc(C)n5-c5sc(C)c(C)c54)cc3)cc2)C[C@@H]1C. The van der Waals surface area contributed by atoms with Crippen LogP contribution in [0.25, 0.3) is 5.00 Å². The van der Waals surface area contributed by atoms with E-state index in [0.29, 0.717) is 34.9 Å². The molecule has 13 nitrogen and oxygen atoms in total. The highest BCUT2D eigenvalue weighted by Gasteiger charge is 2.35. The molecule has 0 spiro atoms. The van der Waals surface area contributed by atoms with E-state index in [4.69, 9.17) is 9.73 Å². The molecule has 0 unspecified atom stereocenters. The summed E-state index contributed by atoms with van der Waals surface area (Å²) in [7, 11) is 0. The highest BCUT2D eigenvalue weighted by atomic mass is 32.1. The van der Waals surface area contributed by atoms with Gasteiger partial charge in [0.1, 0.15) is 22.5 Å².